The van der Waals surface area contributed by atoms with Crippen molar-refractivity contribution in [1.29, 1.82) is 0 Å². The summed E-state index contributed by atoms with van der Waals surface area (Å²) in [5, 5.41) is 14.0. The number of nitrogens with one attached hydrogen (secondary N) is 1. The first-order valence-electron chi connectivity index (χ1n) is 7.66. The fourth-order valence-corrected chi connectivity index (χ4v) is 2.73. The molecule has 5 heteroatoms. The number of nitrogens with two attached hydrogens (primary N) is 2. The van der Waals surface area contributed by atoms with Crippen LogP contribution in [0.4, 0.5) is 11.4 Å². The van der Waals surface area contributed by atoms with Crippen LogP contribution < -0.4 is 21.5 Å². The maximum atomic E-state index is 10.6. The van der Waals surface area contributed by atoms with Gasteiger partial charge in [-0.05, 0) is 32.9 Å². The van der Waals surface area contributed by atoms with Gasteiger partial charge in [0.2, 0.25) is 0 Å². The molecule has 0 fully saturated rings. The summed E-state index contributed by atoms with van der Waals surface area (Å²) in [6, 6.07) is 3.36. The summed E-state index contributed by atoms with van der Waals surface area (Å²) in [5.41, 5.74) is 13.0. The molecule has 1 aliphatic rings. The highest BCUT2D eigenvalue weighted by molar-refractivity contribution is 5.68. The largest absolute Gasteiger partial charge is 0.485 e. The molecule has 21 heavy (non-hydrogen) atoms. The Morgan fingerprint density at radius 2 is 1.90 bits per heavy atom. The molecule has 2 unspecified atom stereocenters. The van der Waals surface area contributed by atoms with E-state index in [9.17, 15) is 5.11 Å². The van der Waals surface area contributed by atoms with Crippen LogP contribution in [0.3, 0.4) is 0 Å². The first kappa shape index (κ1) is 15.9. The Hall–Kier alpha value is -1.46. The number of hydrogen-bond acceptors (Lipinski definition) is 5. The van der Waals surface area contributed by atoms with Crippen molar-refractivity contribution >= 4 is 11.4 Å². The lowest BCUT2D eigenvalue weighted by molar-refractivity contribution is -0.0644. The summed E-state index contributed by atoms with van der Waals surface area (Å²) < 4.78 is 5.90. The first-order chi connectivity index (χ1) is 9.86. The predicted octanol–water partition coefficient (Wildman–Crippen LogP) is 2.20. The Morgan fingerprint density at radius 1 is 1.24 bits per heavy atom. The van der Waals surface area contributed by atoms with Crippen molar-refractivity contribution in [2.24, 2.45) is 0 Å². The van der Waals surface area contributed by atoms with E-state index in [-0.39, 0.29) is 6.04 Å². The number of benzene rings is 1. The SMILES string of the molecule is CCCCCNC1c2cc(N)c(N)cc2OC(C)(C)C1O. The monoisotopic (exact) mass is 293 g/mol. The van der Waals surface area contributed by atoms with Crippen LogP contribution in [0, 0.1) is 0 Å². The highest BCUT2D eigenvalue weighted by Gasteiger charge is 2.42. The quantitative estimate of drug-likeness (QED) is 0.493. The van der Waals surface area contributed by atoms with Gasteiger partial charge in [0.15, 0.2) is 0 Å². The Morgan fingerprint density at radius 3 is 2.57 bits per heavy atom. The zero-order valence-electron chi connectivity index (χ0n) is 13.1. The number of rotatable bonds is 5. The highest BCUT2D eigenvalue weighted by atomic mass is 16.5. The zero-order valence-corrected chi connectivity index (χ0v) is 13.1. The van der Waals surface area contributed by atoms with Gasteiger partial charge in [-0.2, -0.15) is 0 Å². The van der Waals surface area contributed by atoms with Crippen LogP contribution in [0.1, 0.15) is 51.6 Å². The summed E-state index contributed by atoms with van der Waals surface area (Å²) in [4.78, 5) is 0. The van der Waals surface area contributed by atoms with Crippen molar-refractivity contribution in [2.45, 2.75) is 57.8 Å². The van der Waals surface area contributed by atoms with E-state index in [2.05, 4.69) is 12.2 Å². The van der Waals surface area contributed by atoms with Crippen molar-refractivity contribution in [1.82, 2.24) is 5.32 Å². The van der Waals surface area contributed by atoms with E-state index < -0.39 is 11.7 Å². The van der Waals surface area contributed by atoms with Gasteiger partial charge in [-0.15, -0.1) is 0 Å². The molecule has 5 nitrogen and oxygen atoms in total. The molecule has 1 heterocycles. The van der Waals surface area contributed by atoms with E-state index in [4.69, 9.17) is 16.2 Å². The standard InChI is InChI=1S/C16H27N3O2/c1-4-5-6-7-19-14-10-8-11(17)12(18)9-13(10)21-16(2,3)15(14)20/h8-9,14-15,19-20H,4-7,17-18H2,1-3H3. The van der Waals surface area contributed by atoms with E-state index in [0.29, 0.717) is 17.1 Å². The average molecular weight is 293 g/mol. The van der Waals surface area contributed by atoms with E-state index in [1.165, 1.54) is 12.8 Å². The topological polar surface area (TPSA) is 93.5 Å². The summed E-state index contributed by atoms with van der Waals surface area (Å²) >= 11 is 0. The minimum absolute atomic E-state index is 0.191. The molecule has 6 N–H and O–H groups in total. The third kappa shape index (κ3) is 3.24. The molecule has 0 saturated carbocycles. The van der Waals surface area contributed by atoms with Crippen LogP contribution in [0.25, 0.3) is 0 Å². The second-order valence-electron chi connectivity index (χ2n) is 6.31. The number of unbranched alkanes of at least 4 members (excludes halogenated alkanes) is 2. The van der Waals surface area contributed by atoms with Crippen LogP contribution in [0.15, 0.2) is 12.1 Å². The Bertz CT molecular complexity index is 503. The number of hydrogen-bond donors (Lipinski definition) is 4. The smallest absolute Gasteiger partial charge is 0.131 e. The third-order valence-corrected chi connectivity index (χ3v) is 4.10. The molecule has 0 saturated heterocycles. The molecule has 1 aromatic rings. The van der Waals surface area contributed by atoms with Crippen LogP contribution in [0.5, 0.6) is 5.75 Å². The van der Waals surface area contributed by atoms with Gasteiger partial charge in [-0.1, -0.05) is 19.8 Å². The molecule has 118 valence electrons. The van der Waals surface area contributed by atoms with E-state index in [0.717, 1.165) is 18.5 Å². The number of fused-ring (bicyclic) bond motifs is 1. The molecular formula is C16H27N3O2. The average Bonchev–Trinajstić information content (AvgIpc) is 2.41. The van der Waals surface area contributed by atoms with Crippen LogP contribution in [-0.2, 0) is 0 Å². The predicted molar refractivity (Wildman–Crippen MR) is 86.2 cm³/mol. The lowest BCUT2D eigenvalue weighted by Crippen LogP contribution is -2.52. The number of aliphatic hydroxyl groups is 1. The fraction of sp³-hybridized carbons (Fsp3) is 0.625. The summed E-state index contributed by atoms with van der Waals surface area (Å²) in [5.74, 6) is 0.699. The number of ether oxygens (including phenoxy) is 1. The minimum Gasteiger partial charge on any atom is -0.485 e. The maximum Gasteiger partial charge on any atom is 0.131 e. The molecule has 2 rings (SSSR count). The van der Waals surface area contributed by atoms with E-state index in [1.54, 1.807) is 12.1 Å². The highest BCUT2D eigenvalue weighted by Crippen LogP contribution is 2.42. The molecule has 0 aliphatic carbocycles. The summed E-state index contributed by atoms with van der Waals surface area (Å²) in [7, 11) is 0. The number of aliphatic hydroxyl groups excluding tert-OH is 1. The molecule has 0 amide bonds. The molecule has 1 aromatic carbocycles. The maximum absolute atomic E-state index is 10.6. The Balaban J connectivity index is 2.27. The van der Waals surface area contributed by atoms with Crippen molar-refractivity contribution in [3.05, 3.63) is 17.7 Å². The Labute approximate surface area is 126 Å². The molecular weight excluding hydrogens is 266 g/mol. The van der Waals surface area contributed by atoms with Gasteiger partial charge in [0.05, 0.1) is 17.4 Å². The fourth-order valence-electron chi connectivity index (χ4n) is 2.73. The number of anilines is 2. The lowest BCUT2D eigenvalue weighted by Gasteiger charge is -2.42. The number of nitrogen functional groups attached to an aromatic ring is 2. The van der Waals surface area contributed by atoms with Gasteiger partial charge < -0.3 is 26.6 Å². The Kier molecular flexibility index (Phi) is 4.64. The zero-order chi connectivity index (χ0) is 15.6. The van der Waals surface area contributed by atoms with Crippen molar-refractivity contribution in [3.8, 4) is 5.75 Å². The van der Waals surface area contributed by atoms with E-state index >= 15 is 0 Å². The van der Waals surface area contributed by atoms with Crippen LogP contribution in [-0.4, -0.2) is 23.4 Å². The van der Waals surface area contributed by atoms with Crippen LogP contribution >= 0.6 is 0 Å². The summed E-state index contributed by atoms with van der Waals surface area (Å²) in [6.45, 7) is 6.79. The normalized spacial score (nSPS) is 23.4. The van der Waals surface area contributed by atoms with Gasteiger partial charge in [0.25, 0.3) is 0 Å². The molecule has 2 atom stereocenters. The van der Waals surface area contributed by atoms with Crippen molar-refractivity contribution < 1.29 is 9.84 Å². The van der Waals surface area contributed by atoms with Gasteiger partial charge in [0.1, 0.15) is 17.5 Å². The second-order valence-corrected chi connectivity index (χ2v) is 6.31. The van der Waals surface area contributed by atoms with Crippen molar-refractivity contribution in [3.63, 3.8) is 0 Å². The minimum atomic E-state index is -0.669. The lowest BCUT2D eigenvalue weighted by atomic mass is 9.86. The second kappa shape index (κ2) is 6.12. The molecule has 0 aromatic heterocycles. The van der Waals surface area contributed by atoms with Gasteiger partial charge in [-0.3, -0.25) is 0 Å². The first-order valence-corrected chi connectivity index (χ1v) is 7.66. The van der Waals surface area contributed by atoms with Gasteiger partial charge >= 0.3 is 0 Å². The third-order valence-electron chi connectivity index (χ3n) is 4.10. The summed E-state index contributed by atoms with van der Waals surface area (Å²) in [6.07, 6.45) is 2.78. The molecule has 1 aliphatic heterocycles. The van der Waals surface area contributed by atoms with E-state index in [1.807, 2.05) is 13.8 Å². The molecule has 0 bridgehead atoms. The van der Waals surface area contributed by atoms with Crippen molar-refractivity contribution in [2.75, 3.05) is 18.0 Å². The van der Waals surface area contributed by atoms with Crippen LogP contribution in [0.2, 0.25) is 0 Å². The van der Waals surface area contributed by atoms with Gasteiger partial charge in [-0.25, -0.2) is 0 Å². The molecule has 0 radical (unpaired) electrons. The molecule has 0 spiro atoms. The van der Waals surface area contributed by atoms with Gasteiger partial charge in [0, 0.05) is 11.6 Å².